The number of rotatable bonds is 4. The van der Waals surface area contributed by atoms with Crippen LogP contribution in [0, 0.1) is 6.92 Å². The number of aryl methyl sites for hydroxylation is 1. The maximum Gasteiger partial charge on any atom is 0.223 e. The average molecular weight is 324 g/mol. The normalized spacial score (nSPS) is 17.8. The molecule has 0 radical (unpaired) electrons. The first-order chi connectivity index (χ1) is 10.2. The molecule has 2 heterocycles. The van der Waals surface area contributed by atoms with Crippen LogP contribution in [0.4, 0.5) is 0 Å². The zero-order valence-corrected chi connectivity index (χ0v) is 13.5. The van der Waals surface area contributed by atoms with E-state index in [-0.39, 0.29) is 6.04 Å². The molecule has 3 rings (SSSR count). The van der Waals surface area contributed by atoms with Crippen molar-refractivity contribution in [1.82, 2.24) is 15.5 Å². The number of hydrogen-bond acceptors (Lipinski definition) is 5. The molecular weight excluding hydrogens is 306 g/mol. The molecule has 112 valence electrons. The summed E-state index contributed by atoms with van der Waals surface area (Å²) in [4.78, 5) is 4.40. The van der Waals surface area contributed by atoms with Crippen molar-refractivity contribution in [1.29, 1.82) is 0 Å². The van der Waals surface area contributed by atoms with E-state index in [1.165, 1.54) is 24.3 Å². The minimum absolute atomic E-state index is 0.0483. The summed E-state index contributed by atoms with van der Waals surface area (Å²) in [6.45, 7) is 1.81. The van der Waals surface area contributed by atoms with E-state index in [0.717, 1.165) is 10.6 Å². The van der Waals surface area contributed by atoms with Crippen molar-refractivity contribution in [2.45, 2.75) is 31.8 Å². The first-order valence-electron chi connectivity index (χ1n) is 7.12. The highest BCUT2D eigenvalue weighted by molar-refractivity contribution is 7.99. The van der Waals surface area contributed by atoms with Crippen LogP contribution in [-0.2, 0) is 0 Å². The molecule has 4 nitrogen and oxygen atoms in total. The van der Waals surface area contributed by atoms with Crippen LogP contribution in [0.1, 0.15) is 36.2 Å². The largest absolute Gasteiger partial charge is 0.340 e. The Kier molecular flexibility index (Phi) is 4.83. The summed E-state index contributed by atoms with van der Waals surface area (Å²) in [7, 11) is 0. The molecule has 0 amide bonds. The Hall–Kier alpha value is -1.04. The molecule has 21 heavy (non-hydrogen) atoms. The summed E-state index contributed by atoms with van der Waals surface area (Å²) in [6, 6.07) is 8.27. The van der Waals surface area contributed by atoms with E-state index in [2.05, 4.69) is 15.5 Å². The van der Waals surface area contributed by atoms with Gasteiger partial charge in [-0.15, -0.1) is 0 Å². The Morgan fingerprint density at radius 1 is 1.29 bits per heavy atom. The molecule has 0 saturated carbocycles. The monoisotopic (exact) mass is 323 g/mol. The topological polar surface area (TPSA) is 51.0 Å². The van der Waals surface area contributed by atoms with E-state index in [9.17, 15) is 0 Å². The maximum absolute atomic E-state index is 5.99. The van der Waals surface area contributed by atoms with Gasteiger partial charge < -0.3 is 9.84 Å². The van der Waals surface area contributed by atoms with Crippen molar-refractivity contribution < 1.29 is 4.52 Å². The van der Waals surface area contributed by atoms with Crippen molar-refractivity contribution in [3.05, 3.63) is 46.6 Å². The molecule has 6 heteroatoms. The van der Waals surface area contributed by atoms with Crippen molar-refractivity contribution in [2.75, 3.05) is 11.5 Å². The average Bonchev–Trinajstić information content (AvgIpc) is 2.93. The molecule has 1 aliphatic rings. The molecule has 1 saturated heterocycles. The first kappa shape index (κ1) is 14.9. The highest BCUT2D eigenvalue weighted by Crippen LogP contribution is 2.25. The molecule has 1 fully saturated rings. The third-order valence-electron chi connectivity index (χ3n) is 3.63. The van der Waals surface area contributed by atoms with Gasteiger partial charge in [-0.2, -0.15) is 16.7 Å². The third-order valence-corrected chi connectivity index (χ3v) is 4.93. The van der Waals surface area contributed by atoms with Crippen LogP contribution in [0.3, 0.4) is 0 Å². The summed E-state index contributed by atoms with van der Waals surface area (Å²) in [5.41, 5.74) is 1.11. The summed E-state index contributed by atoms with van der Waals surface area (Å²) < 4.78 is 5.15. The van der Waals surface area contributed by atoms with Crippen molar-refractivity contribution in [2.24, 2.45) is 0 Å². The fourth-order valence-corrected chi connectivity index (χ4v) is 3.74. The summed E-state index contributed by atoms with van der Waals surface area (Å²) in [5.74, 6) is 3.69. The van der Waals surface area contributed by atoms with Crippen molar-refractivity contribution >= 4 is 23.4 Å². The second kappa shape index (κ2) is 6.81. The molecule has 1 aromatic carbocycles. The van der Waals surface area contributed by atoms with Crippen LogP contribution in [-0.4, -0.2) is 27.7 Å². The minimum Gasteiger partial charge on any atom is -0.340 e. The molecule has 1 N–H and O–H groups in total. The lowest BCUT2D eigenvalue weighted by Crippen LogP contribution is -2.36. The maximum atomic E-state index is 5.99. The van der Waals surface area contributed by atoms with Gasteiger partial charge in [-0.25, -0.2) is 0 Å². The zero-order valence-electron chi connectivity index (χ0n) is 11.9. The van der Waals surface area contributed by atoms with Gasteiger partial charge in [-0.05, 0) is 42.0 Å². The smallest absolute Gasteiger partial charge is 0.223 e. The fourth-order valence-electron chi connectivity index (χ4n) is 2.51. The zero-order chi connectivity index (χ0) is 14.7. The number of thioether (sulfide) groups is 1. The number of nitrogens with zero attached hydrogens (tertiary/aromatic N) is 2. The standard InChI is InChI=1S/C15H18ClN3OS/c1-10-17-15(19-20-10)14(11-2-4-12(16)5-3-11)18-13-6-8-21-9-7-13/h2-5,13-14,18H,6-9H2,1H3. The summed E-state index contributed by atoms with van der Waals surface area (Å²) >= 11 is 8.00. The fraction of sp³-hybridized carbons (Fsp3) is 0.467. The van der Waals surface area contributed by atoms with Crippen LogP contribution in [0.2, 0.25) is 5.02 Å². The molecule has 1 aromatic heterocycles. The van der Waals surface area contributed by atoms with E-state index in [1.807, 2.05) is 43.0 Å². The van der Waals surface area contributed by atoms with Gasteiger partial charge in [0.25, 0.3) is 0 Å². The predicted octanol–water partition coefficient (Wildman–Crippen LogP) is 3.61. The lowest BCUT2D eigenvalue weighted by molar-refractivity contribution is 0.373. The van der Waals surface area contributed by atoms with Gasteiger partial charge in [-0.1, -0.05) is 28.9 Å². The van der Waals surface area contributed by atoms with Crippen LogP contribution in [0.25, 0.3) is 0 Å². The highest BCUT2D eigenvalue weighted by Gasteiger charge is 2.24. The number of hydrogen-bond donors (Lipinski definition) is 1. The Morgan fingerprint density at radius 3 is 2.62 bits per heavy atom. The number of benzene rings is 1. The lowest BCUT2D eigenvalue weighted by Gasteiger charge is -2.27. The van der Waals surface area contributed by atoms with Gasteiger partial charge in [0, 0.05) is 18.0 Å². The van der Waals surface area contributed by atoms with Crippen LogP contribution < -0.4 is 5.32 Å². The number of nitrogens with one attached hydrogen (secondary N) is 1. The van der Waals surface area contributed by atoms with Crippen molar-refractivity contribution in [3.63, 3.8) is 0 Å². The van der Waals surface area contributed by atoms with Gasteiger partial charge in [-0.3, -0.25) is 0 Å². The van der Waals surface area contributed by atoms with Gasteiger partial charge in [0.05, 0.1) is 6.04 Å². The van der Waals surface area contributed by atoms with Gasteiger partial charge in [0.2, 0.25) is 5.89 Å². The van der Waals surface area contributed by atoms with Crippen LogP contribution in [0.5, 0.6) is 0 Å². The summed E-state index contributed by atoms with van der Waals surface area (Å²) in [6.07, 6.45) is 2.34. The second-order valence-corrected chi connectivity index (χ2v) is 6.87. The minimum atomic E-state index is -0.0483. The Bertz CT molecular complexity index is 581. The molecule has 1 unspecified atom stereocenters. The highest BCUT2D eigenvalue weighted by atomic mass is 35.5. The van der Waals surface area contributed by atoms with E-state index < -0.39 is 0 Å². The SMILES string of the molecule is Cc1nc(C(NC2CCSCC2)c2ccc(Cl)cc2)no1. The molecule has 0 spiro atoms. The molecule has 2 aromatic rings. The molecule has 1 atom stereocenters. The van der Waals surface area contributed by atoms with Crippen molar-refractivity contribution in [3.8, 4) is 0 Å². The van der Waals surface area contributed by atoms with Gasteiger partial charge in [0.15, 0.2) is 5.82 Å². The molecular formula is C15H18ClN3OS. The third kappa shape index (κ3) is 3.78. The van der Waals surface area contributed by atoms with Gasteiger partial charge in [0.1, 0.15) is 0 Å². The van der Waals surface area contributed by atoms with E-state index >= 15 is 0 Å². The number of halogens is 1. The lowest BCUT2D eigenvalue weighted by atomic mass is 10.0. The van der Waals surface area contributed by atoms with E-state index in [4.69, 9.17) is 16.1 Å². The van der Waals surface area contributed by atoms with Crippen LogP contribution >= 0.6 is 23.4 Å². The molecule has 0 bridgehead atoms. The quantitative estimate of drug-likeness (QED) is 0.931. The van der Waals surface area contributed by atoms with E-state index in [1.54, 1.807) is 0 Å². The Balaban J connectivity index is 1.84. The Labute approximate surface area is 133 Å². The molecule has 0 aliphatic carbocycles. The predicted molar refractivity (Wildman–Crippen MR) is 85.8 cm³/mol. The first-order valence-corrected chi connectivity index (χ1v) is 8.65. The second-order valence-electron chi connectivity index (χ2n) is 5.21. The Morgan fingerprint density at radius 2 is 2.00 bits per heavy atom. The van der Waals surface area contributed by atoms with E-state index in [0.29, 0.717) is 17.8 Å². The van der Waals surface area contributed by atoms with Gasteiger partial charge >= 0.3 is 0 Å². The van der Waals surface area contributed by atoms with Crippen LogP contribution in [0.15, 0.2) is 28.8 Å². The molecule has 1 aliphatic heterocycles. The summed E-state index contributed by atoms with van der Waals surface area (Å²) in [5, 5.41) is 8.51. The number of aromatic nitrogens is 2.